The van der Waals surface area contributed by atoms with Gasteiger partial charge in [-0.15, -0.1) is 11.6 Å². The van der Waals surface area contributed by atoms with E-state index in [4.69, 9.17) is 28.6 Å². The zero-order valence-electron chi connectivity index (χ0n) is 9.26. The number of hydrogen-bond donors (Lipinski definition) is 1. The number of nitrogens with zero attached hydrogens (tertiary/aromatic N) is 1. The average Bonchev–Trinajstić information content (AvgIpc) is 2.53. The van der Waals surface area contributed by atoms with E-state index >= 15 is 0 Å². The lowest BCUT2D eigenvalue weighted by molar-refractivity contribution is 0.0675. The van der Waals surface area contributed by atoms with Crippen molar-refractivity contribution in [2.24, 2.45) is 0 Å². The summed E-state index contributed by atoms with van der Waals surface area (Å²) >= 11 is 11.2. The first-order valence-corrected chi connectivity index (χ1v) is 8.12. The molecule has 0 unspecified atom stereocenters. The number of ether oxygens (including phenoxy) is 1. The predicted octanol–water partition coefficient (Wildman–Crippen LogP) is -0.402. The Kier molecular flexibility index (Phi) is 4.12. The van der Waals surface area contributed by atoms with Crippen molar-refractivity contribution in [1.82, 2.24) is 10.2 Å². The molecular formula is C9H15ClN2O3S2. The van der Waals surface area contributed by atoms with Crippen molar-refractivity contribution in [3.63, 3.8) is 0 Å². The van der Waals surface area contributed by atoms with Crippen LogP contribution >= 0.6 is 23.8 Å². The molecule has 0 saturated carbocycles. The number of halogens is 1. The van der Waals surface area contributed by atoms with Crippen molar-refractivity contribution in [1.29, 1.82) is 0 Å². The molecule has 0 spiro atoms. The van der Waals surface area contributed by atoms with Crippen molar-refractivity contribution < 1.29 is 13.2 Å². The number of sulfone groups is 1. The monoisotopic (exact) mass is 298 g/mol. The molecule has 0 aromatic heterocycles. The highest BCUT2D eigenvalue weighted by Gasteiger charge is 2.37. The molecular weight excluding hydrogens is 284 g/mol. The Balaban J connectivity index is 1.90. The highest BCUT2D eigenvalue weighted by Crippen LogP contribution is 2.18. The van der Waals surface area contributed by atoms with Gasteiger partial charge >= 0.3 is 0 Å². The fourth-order valence-corrected chi connectivity index (χ4v) is 4.84. The van der Waals surface area contributed by atoms with Crippen molar-refractivity contribution in [3.8, 4) is 0 Å². The summed E-state index contributed by atoms with van der Waals surface area (Å²) in [6.45, 7) is 2.76. The van der Waals surface area contributed by atoms with Crippen LogP contribution in [0.4, 0.5) is 0 Å². The molecule has 2 aliphatic rings. The van der Waals surface area contributed by atoms with E-state index < -0.39 is 15.2 Å². The Morgan fingerprint density at radius 1 is 1.35 bits per heavy atom. The van der Waals surface area contributed by atoms with Crippen molar-refractivity contribution in [2.45, 2.75) is 11.4 Å². The lowest BCUT2D eigenvalue weighted by atomic mass is 10.2. The normalized spacial score (nSPS) is 32.4. The third kappa shape index (κ3) is 3.43. The van der Waals surface area contributed by atoms with Gasteiger partial charge in [0.1, 0.15) is 0 Å². The first-order valence-electron chi connectivity index (χ1n) is 5.45. The molecule has 17 heavy (non-hydrogen) atoms. The molecule has 0 aromatic rings. The zero-order valence-corrected chi connectivity index (χ0v) is 11.7. The van der Waals surface area contributed by atoms with Gasteiger partial charge in [-0.3, -0.25) is 0 Å². The van der Waals surface area contributed by atoms with Crippen LogP contribution in [-0.2, 0) is 14.6 Å². The van der Waals surface area contributed by atoms with E-state index in [1.54, 1.807) is 0 Å². The van der Waals surface area contributed by atoms with Crippen LogP contribution in [0.5, 0.6) is 0 Å². The largest absolute Gasteiger partial charge is 0.378 e. The molecule has 2 atom stereocenters. The first kappa shape index (κ1) is 13.3. The van der Waals surface area contributed by atoms with E-state index in [-0.39, 0.29) is 17.5 Å². The summed E-state index contributed by atoms with van der Waals surface area (Å²) in [4.78, 5) is 1.98. The predicted molar refractivity (Wildman–Crippen MR) is 70.2 cm³/mol. The van der Waals surface area contributed by atoms with E-state index in [0.29, 0.717) is 18.3 Å². The first-order chi connectivity index (χ1) is 7.98. The average molecular weight is 299 g/mol. The number of alkyl halides is 1. The number of morpholine rings is 1. The van der Waals surface area contributed by atoms with Crippen LogP contribution < -0.4 is 5.32 Å². The van der Waals surface area contributed by atoms with Crippen LogP contribution in [0.15, 0.2) is 0 Å². The van der Waals surface area contributed by atoms with Gasteiger partial charge in [0.05, 0.1) is 36.1 Å². The summed E-state index contributed by atoms with van der Waals surface area (Å²) in [6, 6.07) is -0.281. The molecule has 2 rings (SSSR count). The molecule has 0 aromatic carbocycles. The summed E-state index contributed by atoms with van der Waals surface area (Å²) in [7, 11) is -3.02. The molecule has 0 aliphatic carbocycles. The molecule has 2 saturated heterocycles. The van der Waals surface area contributed by atoms with Gasteiger partial charge in [-0.25, -0.2) is 8.42 Å². The Labute approximate surface area is 111 Å². The Morgan fingerprint density at radius 3 is 2.53 bits per heavy atom. The Morgan fingerprint density at radius 2 is 2.00 bits per heavy atom. The molecule has 0 amide bonds. The van der Waals surface area contributed by atoms with Crippen molar-refractivity contribution in [2.75, 3.05) is 37.8 Å². The lowest BCUT2D eigenvalue weighted by Gasteiger charge is -2.31. The van der Waals surface area contributed by atoms with Crippen LogP contribution in [0.3, 0.4) is 0 Å². The maximum absolute atomic E-state index is 11.4. The minimum absolute atomic E-state index is 0.0257. The SMILES string of the molecule is O=S1(=O)C[C@H](Cl)[C@H](NC(=S)N2CCOCC2)C1. The maximum atomic E-state index is 11.4. The van der Waals surface area contributed by atoms with E-state index in [1.165, 1.54) is 0 Å². The number of thiocarbonyl (C=S) groups is 1. The highest BCUT2D eigenvalue weighted by atomic mass is 35.5. The smallest absolute Gasteiger partial charge is 0.169 e. The number of nitrogens with one attached hydrogen (secondary N) is 1. The fraction of sp³-hybridized carbons (Fsp3) is 0.889. The van der Waals surface area contributed by atoms with E-state index in [1.807, 2.05) is 4.90 Å². The molecule has 0 radical (unpaired) electrons. The van der Waals surface area contributed by atoms with Gasteiger partial charge in [-0.2, -0.15) is 0 Å². The van der Waals surface area contributed by atoms with Gasteiger partial charge in [0.2, 0.25) is 0 Å². The molecule has 2 heterocycles. The molecule has 2 fully saturated rings. The van der Waals surface area contributed by atoms with Crippen LogP contribution in [0, 0.1) is 0 Å². The third-order valence-corrected chi connectivity index (χ3v) is 5.64. The Hall–Kier alpha value is -0.110. The van der Waals surface area contributed by atoms with Crippen LogP contribution in [0.1, 0.15) is 0 Å². The van der Waals surface area contributed by atoms with E-state index in [2.05, 4.69) is 5.32 Å². The standard InChI is InChI=1S/C9H15ClN2O3S2/c10-7-5-17(13,14)6-8(7)11-9(16)12-1-3-15-4-2-12/h7-8H,1-6H2,(H,11,16)/t7-,8+/m0/s1. The van der Waals surface area contributed by atoms with Gasteiger partial charge in [0.15, 0.2) is 14.9 Å². The number of hydrogen-bond acceptors (Lipinski definition) is 4. The topological polar surface area (TPSA) is 58.6 Å². The fourth-order valence-electron chi connectivity index (χ4n) is 1.95. The second-order valence-corrected chi connectivity index (χ2v) is 7.35. The van der Waals surface area contributed by atoms with E-state index in [0.717, 1.165) is 13.1 Å². The molecule has 5 nitrogen and oxygen atoms in total. The highest BCUT2D eigenvalue weighted by molar-refractivity contribution is 7.91. The Bertz CT molecular complexity index is 395. The molecule has 8 heteroatoms. The molecule has 1 N–H and O–H groups in total. The zero-order chi connectivity index (χ0) is 12.5. The minimum Gasteiger partial charge on any atom is -0.378 e. The van der Waals surface area contributed by atoms with Gasteiger partial charge < -0.3 is 15.0 Å². The maximum Gasteiger partial charge on any atom is 0.169 e. The summed E-state index contributed by atoms with van der Waals surface area (Å²) in [6.07, 6.45) is 0. The lowest BCUT2D eigenvalue weighted by Crippen LogP contribution is -2.51. The van der Waals surface area contributed by atoms with Crippen LogP contribution in [-0.4, -0.2) is 67.7 Å². The quantitative estimate of drug-likeness (QED) is 0.525. The minimum atomic E-state index is -3.02. The summed E-state index contributed by atoms with van der Waals surface area (Å²) < 4.78 is 28.0. The van der Waals surface area contributed by atoms with Gasteiger partial charge in [-0.1, -0.05) is 0 Å². The second-order valence-electron chi connectivity index (χ2n) is 4.25. The van der Waals surface area contributed by atoms with Crippen LogP contribution in [0.25, 0.3) is 0 Å². The molecule has 98 valence electrons. The molecule has 0 bridgehead atoms. The molecule has 2 aliphatic heterocycles. The van der Waals surface area contributed by atoms with Gasteiger partial charge in [0.25, 0.3) is 0 Å². The third-order valence-electron chi connectivity index (χ3n) is 2.89. The summed E-state index contributed by atoms with van der Waals surface area (Å²) in [5, 5.41) is 3.21. The number of rotatable bonds is 1. The van der Waals surface area contributed by atoms with Gasteiger partial charge in [-0.05, 0) is 12.2 Å². The summed E-state index contributed by atoms with van der Waals surface area (Å²) in [5.74, 6) is 0.0869. The van der Waals surface area contributed by atoms with Crippen LogP contribution in [0.2, 0.25) is 0 Å². The van der Waals surface area contributed by atoms with Crippen molar-refractivity contribution >= 4 is 38.8 Å². The van der Waals surface area contributed by atoms with Crippen molar-refractivity contribution in [3.05, 3.63) is 0 Å². The second kappa shape index (κ2) is 5.26. The summed E-state index contributed by atoms with van der Waals surface area (Å²) in [5.41, 5.74) is 0. The van der Waals surface area contributed by atoms with Gasteiger partial charge in [0, 0.05) is 13.1 Å². The van der Waals surface area contributed by atoms with E-state index in [9.17, 15) is 8.42 Å².